The predicted octanol–water partition coefficient (Wildman–Crippen LogP) is 3.24. The van der Waals surface area contributed by atoms with Gasteiger partial charge >= 0.3 is 0 Å². The lowest BCUT2D eigenvalue weighted by atomic mass is 10.2. The van der Waals surface area contributed by atoms with E-state index in [-0.39, 0.29) is 0 Å². The number of ether oxygens (including phenoxy) is 1. The number of nitrogens with zero attached hydrogens (tertiary/aromatic N) is 1. The molecule has 0 N–H and O–H groups in total. The van der Waals surface area contributed by atoms with Gasteiger partial charge in [0, 0.05) is 14.1 Å². The highest BCUT2D eigenvalue weighted by atomic mass is 16.5. The van der Waals surface area contributed by atoms with Crippen LogP contribution in [0.3, 0.4) is 0 Å². The number of rotatable bonds is 5. The third-order valence-corrected chi connectivity index (χ3v) is 2.35. The Balaban J connectivity index is 2.77. The summed E-state index contributed by atoms with van der Waals surface area (Å²) in [6.45, 7) is 5.08. The van der Waals surface area contributed by atoms with E-state index in [9.17, 15) is 0 Å². The van der Waals surface area contributed by atoms with Gasteiger partial charge in [0.05, 0.1) is 12.3 Å². The van der Waals surface area contributed by atoms with Gasteiger partial charge in [-0.1, -0.05) is 19.4 Å². The number of unbranched alkanes of at least 4 members (excludes halogenated alkanes) is 1. The molecule has 0 aromatic heterocycles. The first kappa shape index (κ1) is 11.9. The van der Waals surface area contributed by atoms with Crippen molar-refractivity contribution in [2.75, 3.05) is 25.6 Å². The summed E-state index contributed by atoms with van der Waals surface area (Å²) in [5, 5.41) is 0. The molecule has 0 aliphatic heterocycles. The summed E-state index contributed by atoms with van der Waals surface area (Å²) in [4.78, 5) is 2.09. The number of aryl methyl sites for hydroxylation is 1. The summed E-state index contributed by atoms with van der Waals surface area (Å²) in [5.74, 6) is 0.985. The van der Waals surface area contributed by atoms with E-state index in [1.54, 1.807) is 0 Å². The van der Waals surface area contributed by atoms with Gasteiger partial charge in [-0.3, -0.25) is 0 Å². The molecule has 0 saturated carbocycles. The Morgan fingerprint density at radius 3 is 2.60 bits per heavy atom. The molecule has 0 amide bonds. The fraction of sp³-hybridized carbons (Fsp3) is 0.538. The van der Waals surface area contributed by atoms with Gasteiger partial charge < -0.3 is 9.64 Å². The maximum Gasteiger partial charge on any atom is 0.142 e. The minimum atomic E-state index is 0.806. The lowest BCUT2D eigenvalue weighted by molar-refractivity contribution is 0.310. The number of hydrogen-bond acceptors (Lipinski definition) is 2. The van der Waals surface area contributed by atoms with E-state index in [4.69, 9.17) is 4.74 Å². The van der Waals surface area contributed by atoms with Crippen molar-refractivity contribution in [2.24, 2.45) is 0 Å². The van der Waals surface area contributed by atoms with Crippen molar-refractivity contribution in [1.29, 1.82) is 0 Å². The molecule has 0 spiro atoms. The van der Waals surface area contributed by atoms with E-state index in [1.165, 1.54) is 12.0 Å². The molecule has 0 heterocycles. The van der Waals surface area contributed by atoms with Gasteiger partial charge in [-0.25, -0.2) is 0 Å². The Labute approximate surface area is 92.9 Å². The SMILES string of the molecule is CCCCOc1ccc(C)cc1N(C)C. The Kier molecular flexibility index (Phi) is 4.47. The van der Waals surface area contributed by atoms with Crippen molar-refractivity contribution >= 4 is 5.69 Å². The summed E-state index contributed by atoms with van der Waals surface area (Å²) in [6.07, 6.45) is 2.28. The Morgan fingerprint density at radius 1 is 1.27 bits per heavy atom. The quantitative estimate of drug-likeness (QED) is 0.687. The van der Waals surface area contributed by atoms with Crippen LogP contribution < -0.4 is 9.64 Å². The molecular formula is C13H21NO. The summed E-state index contributed by atoms with van der Waals surface area (Å²) < 4.78 is 5.75. The van der Waals surface area contributed by atoms with Crippen molar-refractivity contribution in [3.8, 4) is 5.75 Å². The van der Waals surface area contributed by atoms with Crippen LogP contribution in [0.25, 0.3) is 0 Å². The average Bonchev–Trinajstić information content (AvgIpc) is 2.20. The van der Waals surface area contributed by atoms with Crippen LogP contribution in [0.1, 0.15) is 25.3 Å². The molecule has 15 heavy (non-hydrogen) atoms. The van der Waals surface area contributed by atoms with Gasteiger partial charge in [0.1, 0.15) is 5.75 Å². The first-order valence-corrected chi connectivity index (χ1v) is 5.56. The third kappa shape index (κ3) is 3.46. The van der Waals surface area contributed by atoms with E-state index in [2.05, 4.69) is 36.9 Å². The summed E-state index contributed by atoms with van der Waals surface area (Å²) in [5.41, 5.74) is 2.42. The number of anilines is 1. The molecule has 84 valence electrons. The molecule has 0 radical (unpaired) electrons. The van der Waals surface area contributed by atoms with Crippen LogP contribution in [-0.4, -0.2) is 20.7 Å². The van der Waals surface area contributed by atoms with Crippen LogP contribution >= 0.6 is 0 Å². The molecule has 2 heteroatoms. The van der Waals surface area contributed by atoms with Gasteiger partial charge in [-0.15, -0.1) is 0 Å². The normalized spacial score (nSPS) is 10.1. The molecule has 0 atom stereocenters. The second-order valence-corrected chi connectivity index (χ2v) is 4.07. The Morgan fingerprint density at radius 2 is 2.00 bits per heavy atom. The van der Waals surface area contributed by atoms with Gasteiger partial charge in [0.25, 0.3) is 0 Å². The highest BCUT2D eigenvalue weighted by Crippen LogP contribution is 2.27. The van der Waals surface area contributed by atoms with Gasteiger partial charge in [0.15, 0.2) is 0 Å². The van der Waals surface area contributed by atoms with Crippen molar-refractivity contribution in [1.82, 2.24) is 0 Å². The van der Waals surface area contributed by atoms with E-state index < -0.39 is 0 Å². The molecule has 1 aromatic carbocycles. The maximum absolute atomic E-state index is 5.75. The standard InChI is InChI=1S/C13H21NO/c1-5-6-9-15-13-8-7-11(2)10-12(13)14(3)4/h7-8,10H,5-6,9H2,1-4H3. The average molecular weight is 207 g/mol. The Hall–Kier alpha value is -1.18. The smallest absolute Gasteiger partial charge is 0.142 e. The topological polar surface area (TPSA) is 12.5 Å². The first-order chi connectivity index (χ1) is 7.15. The molecule has 2 nitrogen and oxygen atoms in total. The van der Waals surface area contributed by atoms with Crippen LogP contribution in [0, 0.1) is 6.92 Å². The van der Waals surface area contributed by atoms with Crippen molar-refractivity contribution in [2.45, 2.75) is 26.7 Å². The number of benzene rings is 1. The summed E-state index contributed by atoms with van der Waals surface area (Å²) in [6, 6.07) is 6.30. The fourth-order valence-electron chi connectivity index (χ4n) is 1.43. The van der Waals surface area contributed by atoms with E-state index in [1.807, 2.05) is 14.1 Å². The lowest BCUT2D eigenvalue weighted by Crippen LogP contribution is -2.11. The van der Waals surface area contributed by atoms with Crippen molar-refractivity contribution in [3.63, 3.8) is 0 Å². The summed E-state index contributed by atoms with van der Waals surface area (Å²) in [7, 11) is 4.09. The van der Waals surface area contributed by atoms with Gasteiger partial charge in [-0.05, 0) is 31.0 Å². The largest absolute Gasteiger partial charge is 0.491 e. The van der Waals surface area contributed by atoms with Gasteiger partial charge in [-0.2, -0.15) is 0 Å². The zero-order chi connectivity index (χ0) is 11.3. The molecular weight excluding hydrogens is 186 g/mol. The molecule has 1 aromatic rings. The molecule has 0 aliphatic carbocycles. The highest BCUT2D eigenvalue weighted by Gasteiger charge is 2.05. The highest BCUT2D eigenvalue weighted by molar-refractivity contribution is 5.59. The Bertz CT molecular complexity index is 307. The lowest BCUT2D eigenvalue weighted by Gasteiger charge is -2.18. The van der Waals surface area contributed by atoms with Crippen molar-refractivity contribution in [3.05, 3.63) is 23.8 Å². The summed E-state index contributed by atoms with van der Waals surface area (Å²) >= 11 is 0. The van der Waals surface area contributed by atoms with Crippen LogP contribution in [0.5, 0.6) is 5.75 Å². The van der Waals surface area contributed by atoms with Crippen molar-refractivity contribution < 1.29 is 4.74 Å². The van der Waals surface area contributed by atoms with Crippen LogP contribution in [-0.2, 0) is 0 Å². The maximum atomic E-state index is 5.75. The minimum absolute atomic E-state index is 0.806. The molecule has 0 unspecified atom stereocenters. The molecule has 0 fully saturated rings. The van der Waals surface area contributed by atoms with Crippen LogP contribution in [0.15, 0.2) is 18.2 Å². The zero-order valence-corrected chi connectivity index (χ0v) is 10.2. The van der Waals surface area contributed by atoms with Crippen LogP contribution in [0.4, 0.5) is 5.69 Å². The van der Waals surface area contributed by atoms with Crippen LogP contribution in [0.2, 0.25) is 0 Å². The second-order valence-electron chi connectivity index (χ2n) is 4.07. The molecule has 0 bridgehead atoms. The second kappa shape index (κ2) is 5.64. The molecule has 0 aliphatic rings. The van der Waals surface area contributed by atoms with E-state index in [0.29, 0.717) is 0 Å². The third-order valence-electron chi connectivity index (χ3n) is 2.35. The fourth-order valence-corrected chi connectivity index (χ4v) is 1.43. The zero-order valence-electron chi connectivity index (χ0n) is 10.2. The van der Waals surface area contributed by atoms with Gasteiger partial charge in [0.2, 0.25) is 0 Å². The number of hydrogen-bond donors (Lipinski definition) is 0. The molecule has 1 rings (SSSR count). The molecule has 0 saturated heterocycles. The van der Waals surface area contributed by atoms with E-state index >= 15 is 0 Å². The minimum Gasteiger partial charge on any atom is -0.491 e. The predicted molar refractivity (Wildman–Crippen MR) is 65.9 cm³/mol. The van der Waals surface area contributed by atoms with E-state index in [0.717, 1.165) is 24.5 Å². The first-order valence-electron chi connectivity index (χ1n) is 5.56. The monoisotopic (exact) mass is 207 g/mol.